The highest BCUT2D eigenvalue weighted by Gasteiger charge is 2.39. The molecule has 282 valence electrons. The molecule has 0 radical (unpaired) electrons. The Hall–Kier alpha value is -5.83. The second-order valence-electron chi connectivity index (χ2n) is 11.9. The van der Waals surface area contributed by atoms with Crippen LogP contribution in [-0.2, 0) is 52.7 Å². The lowest BCUT2D eigenvalue weighted by Crippen LogP contribution is -2.56. The van der Waals surface area contributed by atoms with E-state index in [0.29, 0.717) is 6.42 Å². The maximum Gasteiger partial charge on any atom is 0.326 e. The van der Waals surface area contributed by atoms with Gasteiger partial charge in [-0.2, -0.15) is 0 Å². The number of hydrogen-bond donors (Lipinski definition) is 10. The number of nitrogens with one attached hydrogen (secondary N) is 6. The summed E-state index contributed by atoms with van der Waals surface area (Å²) in [7, 11) is 0. The zero-order valence-corrected chi connectivity index (χ0v) is 27.7. The first-order valence-corrected chi connectivity index (χ1v) is 16.1. The van der Waals surface area contributed by atoms with Crippen molar-refractivity contribution < 1.29 is 57.8 Å². The van der Waals surface area contributed by atoms with Crippen molar-refractivity contribution in [2.75, 3.05) is 19.6 Å². The summed E-state index contributed by atoms with van der Waals surface area (Å²) in [6.45, 7) is -1.30. The van der Waals surface area contributed by atoms with Gasteiger partial charge in [-0.3, -0.25) is 47.9 Å². The minimum Gasteiger partial charge on any atom is -0.480 e. The van der Waals surface area contributed by atoms with Crippen molar-refractivity contribution in [2.24, 2.45) is 17.2 Å². The molecule has 2 fully saturated rings. The van der Waals surface area contributed by atoms with Crippen LogP contribution in [0.15, 0.2) is 0 Å². The van der Waals surface area contributed by atoms with Crippen molar-refractivity contribution in [3.8, 4) is 0 Å². The lowest BCUT2D eigenvalue weighted by molar-refractivity contribution is -0.142. The predicted octanol–water partition coefficient (Wildman–Crippen LogP) is -6.18. The van der Waals surface area contributed by atoms with Gasteiger partial charge in [0.2, 0.25) is 59.1 Å². The summed E-state index contributed by atoms with van der Waals surface area (Å²) in [6.07, 6.45) is -0.764. The van der Waals surface area contributed by atoms with Gasteiger partial charge in [0.1, 0.15) is 30.2 Å². The van der Waals surface area contributed by atoms with E-state index in [1.807, 2.05) is 0 Å². The van der Waals surface area contributed by atoms with E-state index in [2.05, 4.69) is 31.9 Å². The van der Waals surface area contributed by atoms with Gasteiger partial charge in [-0.15, -0.1) is 0 Å². The molecule has 0 aromatic heterocycles. The Morgan fingerprint density at radius 1 is 0.725 bits per heavy atom. The molecule has 0 unspecified atom stereocenters. The second-order valence-corrected chi connectivity index (χ2v) is 11.9. The molecule has 0 aromatic carbocycles. The SMILES string of the molecule is NC(=O)CC[C@H](NC(=O)CNC(=O)[C@H](CCC(N)=O)NC(=O)CNC(=O)[C@@H]1CCCN1C(=O)[C@H](CCC(N)=O)NC(=O)[C@@H]1CCC(=O)N1)C(=O)O. The third kappa shape index (κ3) is 14.3. The summed E-state index contributed by atoms with van der Waals surface area (Å²) in [6, 6.07) is -6.05. The van der Waals surface area contributed by atoms with Gasteiger partial charge in [0.15, 0.2) is 0 Å². The van der Waals surface area contributed by atoms with E-state index in [0.717, 1.165) is 0 Å². The fourth-order valence-corrected chi connectivity index (χ4v) is 5.30. The minimum absolute atomic E-state index is 0.119. The Bertz CT molecular complexity index is 1410. The number of carboxylic acids is 1. The van der Waals surface area contributed by atoms with Gasteiger partial charge in [-0.25, -0.2) is 4.79 Å². The summed E-state index contributed by atoms with van der Waals surface area (Å²) in [5, 5.41) is 23.2. The Kier molecular flexibility index (Phi) is 16.2. The molecular formula is C29H44N10O12. The number of likely N-dealkylation sites (tertiary alicyclic amines) is 1. The molecule has 5 atom stereocenters. The van der Waals surface area contributed by atoms with Crippen LogP contribution >= 0.6 is 0 Å². The largest absolute Gasteiger partial charge is 0.480 e. The molecular weight excluding hydrogens is 680 g/mol. The molecule has 22 heteroatoms. The van der Waals surface area contributed by atoms with Crippen LogP contribution in [0, 0.1) is 0 Å². The molecule has 51 heavy (non-hydrogen) atoms. The number of carboxylic acid groups (broad SMARTS) is 1. The minimum atomic E-state index is -1.47. The number of primary amides is 3. The van der Waals surface area contributed by atoms with Crippen LogP contribution in [-0.4, -0.2) is 125 Å². The Balaban J connectivity index is 1.99. The molecule has 2 aliphatic heterocycles. The number of nitrogens with zero attached hydrogens (tertiary/aromatic N) is 1. The van der Waals surface area contributed by atoms with E-state index in [4.69, 9.17) is 17.2 Å². The van der Waals surface area contributed by atoms with Gasteiger partial charge in [0.25, 0.3) is 0 Å². The predicted molar refractivity (Wildman–Crippen MR) is 171 cm³/mol. The number of rotatable bonds is 21. The molecule has 13 N–H and O–H groups in total. The Morgan fingerprint density at radius 3 is 1.78 bits per heavy atom. The van der Waals surface area contributed by atoms with E-state index in [-0.39, 0.29) is 70.2 Å². The first kappa shape index (κ1) is 41.3. The smallest absolute Gasteiger partial charge is 0.326 e. The highest BCUT2D eigenvalue weighted by Crippen LogP contribution is 2.20. The topological polar surface area (TPSA) is 361 Å². The lowest BCUT2D eigenvalue weighted by atomic mass is 10.1. The van der Waals surface area contributed by atoms with Gasteiger partial charge in [0.05, 0.1) is 13.1 Å². The number of aliphatic carboxylic acids is 1. The number of amides is 10. The maximum absolute atomic E-state index is 13.5. The molecule has 10 amide bonds. The monoisotopic (exact) mass is 724 g/mol. The second kappa shape index (κ2) is 20.0. The van der Waals surface area contributed by atoms with E-state index < -0.39 is 102 Å². The summed E-state index contributed by atoms with van der Waals surface area (Å²) in [4.78, 5) is 135. The zero-order chi connectivity index (χ0) is 38.2. The first-order chi connectivity index (χ1) is 24.0. The molecule has 0 aromatic rings. The average Bonchev–Trinajstić information content (AvgIpc) is 3.73. The van der Waals surface area contributed by atoms with Crippen molar-refractivity contribution >= 4 is 65.0 Å². The van der Waals surface area contributed by atoms with Gasteiger partial charge in [-0.1, -0.05) is 0 Å². The Morgan fingerprint density at radius 2 is 1.25 bits per heavy atom. The van der Waals surface area contributed by atoms with Gasteiger partial charge in [0, 0.05) is 32.2 Å². The molecule has 0 bridgehead atoms. The molecule has 0 spiro atoms. The van der Waals surface area contributed by atoms with Crippen LogP contribution < -0.4 is 49.1 Å². The van der Waals surface area contributed by atoms with Crippen LogP contribution in [0.3, 0.4) is 0 Å². The van der Waals surface area contributed by atoms with E-state index >= 15 is 0 Å². The molecule has 22 nitrogen and oxygen atoms in total. The molecule has 0 saturated carbocycles. The summed E-state index contributed by atoms with van der Waals surface area (Å²) >= 11 is 0. The summed E-state index contributed by atoms with van der Waals surface area (Å²) in [5.74, 6) is -8.92. The Labute approximate surface area is 291 Å². The van der Waals surface area contributed by atoms with Crippen molar-refractivity contribution in [3.05, 3.63) is 0 Å². The van der Waals surface area contributed by atoms with E-state index in [1.165, 1.54) is 4.90 Å². The standard InChI is InChI=1S/C29H44N10O12/c30-19(40)7-3-14(25(46)33-12-24(45)37-17(29(50)51)5-9-21(32)42)36-23(44)13-34-27(48)18-2-1-11-39(18)28(49)16(4-8-20(31)41)38-26(47)15-6-10-22(43)35-15/h14-18H,1-13H2,(H2,30,40)(H2,31,41)(H2,32,42)(H,33,46)(H,34,48)(H,35,43)(H,36,44)(H,37,45)(H,38,47)(H,50,51)/t14-,15-,16-,17-,18-/m0/s1. The first-order valence-electron chi connectivity index (χ1n) is 16.1. The quantitative estimate of drug-likeness (QED) is 0.0529. The molecule has 2 saturated heterocycles. The normalized spacial score (nSPS) is 18.3. The van der Waals surface area contributed by atoms with Gasteiger partial charge in [-0.05, 0) is 38.5 Å². The average molecular weight is 725 g/mol. The number of carbonyl (C=O) groups is 11. The molecule has 0 aliphatic carbocycles. The number of nitrogens with two attached hydrogens (primary N) is 3. The van der Waals surface area contributed by atoms with E-state index in [9.17, 15) is 57.8 Å². The summed E-state index contributed by atoms with van der Waals surface area (Å²) in [5.41, 5.74) is 15.4. The molecule has 2 rings (SSSR count). The zero-order valence-electron chi connectivity index (χ0n) is 27.7. The van der Waals surface area contributed by atoms with Crippen molar-refractivity contribution in [1.29, 1.82) is 0 Å². The van der Waals surface area contributed by atoms with Crippen molar-refractivity contribution in [2.45, 2.75) is 94.4 Å². The van der Waals surface area contributed by atoms with E-state index in [1.54, 1.807) is 0 Å². The van der Waals surface area contributed by atoms with Crippen LogP contribution in [0.25, 0.3) is 0 Å². The van der Waals surface area contributed by atoms with Crippen LogP contribution in [0.5, 0.6) is 0 Å². The summed E-state index contributed by atoms with van der Waals surface area (Å²) < 4.78 is 0. The fraction of sp³-hybridized carbons (Fsp3) is 0.621. The number of hydrogen-bond acceptors (Lipinski definition) is 11. The number of carbonyl (C=O) groups excluding carboxylic acids is 10. The van der Waals surface area contributed by atoms with Gasteiger partial charge < -0.3 is 59.1 Å². The highest BCUT2D eigenvalue weighted by molar-refractivity contribution is 5.97. The van der Waals surface area contributed by atoms with Crippen LogP contribution in [0.2, 0.25) is 0 Å². The third-order valence-corrected chi connectivity index (χ3v) is 7.93. The van der Waals surface area contributed by atoms with Crippen LogP contribution in [0.1, 0.15) is 64.2 Å². The highest BCUT2D eigenvalue weighted by atomic mass is 16.4. The fourth-order valence-electron chi connectivity index (χ4n) is 5.30. The third-order valence-electron chi connectivity index (χ3n) is 7.93. The van der Waals surface area contributed by atoms with Crippen LogP contribution in [0.4, 0.5) is 0 Å². The molecule has 2 aliphatic rings. The van der Waals surface area contributed by atoms with Crippen molar-refractivity contribution in [3.63, 3.8) is 0 Å². The lowest BCUT2D eigenvalue weighted by Gasteiger charge is -2.29. The molecule has 2 heterocycles. The maximum atomic E-state index is 13.5. The van der Waals surface area contributed by atoms with Gasteiger partial charge >= 0.3 is 5.97 Å². The van der Waals surface area contributed by atoms with Crippen molar-refractivity contribution in [1.82, 2.24) is 36.8 Å².